The lowest BCUT2D eigenvalue weighted by Gasteiger charge is -2.57. The molecule has 0 aromatic carbocycles. The van der Waals surface area contributed by atoms with Crippen molar-refractivity contribution in [2.24, 2.45) is 0 Å². The molecular weight excluding hydrogens is 893 g/mol. The van der Waals surface area contributed by atoms with Crippen LogP contribution in [-0.2, 0) is 78.2 Å². The van der Waals surface area contributed by atoms with E-state index in [1.807, 2.05) is 91.7 Å². The van der Waals surface area contributed by atoms with Crippen LogP contribution in [0.15, 0.2) is 0 Å². The smallest absolute Gasteiger partial charge is 0.395 e. The molecule has 0 N–H and O–H groups in total. The van der Waals surface area contributed by atoms with Crippen molar-refractivity contribution < 1.29 is 78.2 Å². The van der Waals surface area contributed by atoms with Crippen LogP contribution < -0.4 is 0 Å². The van der Waals surface area contributed by atoms with E-state index in [-0.39, 0.29) is 0 Å². The third kappa shape index (κ3) is 9.64. The summed E-state index contributed by atoms with van der Waals surface area (Å²) in [7, 11) is -47.4. The van der Waals surface area contributed by atoms with E-state index in [2.05, 4.69) is 0 Å². The zero-order valence-electron chi connectivity index (χ0n) is 29.3. The zero-order chi connectivity index (χ0) is 35.6. The second-order valence-electron chi connectivity index (χ2n) is 12.0. The molecule has 6 saturated heterocycles. The van der Waals surface area contributed by atoms with Crippen LogP contribution in [0, 0.1) is 0 Å². The second kappa shape index (κ2) is 15.2. The predicted octanol–water partition coefficient (Wildman–Crippen LogP) is 1.16. The summed E-state index contributed by atoms with van der Waals surface area (Å²) in [6.45, 7) is 26.4. The quantitative estimate of drug-likeness (QED) is 0.227. The molecule has 272 valence electrons. The van der Waals surface area contributed by atoms with Crippen LogP contribution in [0.25, 0.3) is 0 Å². The summed E-state index contributed by atoms with van der Waals surface area (Å²) < 4.78 is 128. The molecule has 0 atom stereocenters. The maximum atomic E-state index is 6.92. The first-order valence-electron chi connectivity index (χ1n) is 14.8. The van der Waals surface area contributed by atoms with Crippen molar-refractivity contribution in [2.75, 3.05) is 0 Å². The average molecular weight is 936 g/mol. The van der Waals surface area contributed by atoms with Crippen molar-refractivity contribution in [3.8, 4) is 0 Å². The Morgan fingerprint density at radius 1 is 0.271 bits per heavy atom. The van der Waals surface area contributed by atoms with Gasteiger partial charge in [0.05, 0.1) is 0 Å². The number of hydrogen-bond donors (Lipinski definition) is 0. The average Bonchev–Trinajstić information content (AvgIpc) is 2.75. The molecule has 19 nitrogen and oxygen atoms in total. The Hall–Kier alpha value is 2.49. The van der Waals surface area contributed by atoms with E-state index >= 15 is 0 Å². The maximum absolute atomic E-state index is 6.92. The standard InChI is InChI=1S/C14H42O19Si15/c1-34(2)15-42-22-41-23-43(16-35(3)4)27-45(25-42,18-37(7)8)31-48(21-40(13)14)32-46(26-42,19-38(9)10)28-44(24-41,17-36(5)6)30-47(29-43,33-48)20-39(11)12/h1-14H3. The van der Waals surface area contributed by atoms with Gasteiger partial charge in [-0.05, 0) is 91.7 Å². The lowest BCUT2D eigenvalue weighted by molar-refractivity contribution is -0.113. The first-order valence-corrected chi connectivity index (χ1v) is 44.3. The molecule has 48 heavy (non-hydrogen) atoms. The molecule has 6 aliphatic heterocycles. The van der Waals surface area contributed by atoms with E-state index < -0.39 is 136 Å². The van der Waals surface area contributed by atoms with E-state index in [0.29, 0.717) is 0 Å². The monoisotopic (exact) mass is 934 g/mol. The molecule has 8 radical (unpaired) electrons. The molecule has 6 rings (SSSR count). The molecule has 8 bridgehead atoms. The zero-order valence-corrected chi connectivity index (χ0v) is 44.3. The highest BCUT2D eigenvalue weighted by atomic mass is 28.7. The van der Waals surface area contributed by atoms with Crippen LogP contribution in [0.5, 0.6) is 0 Å². The van der Waals surface area contributed by atoms with E-state index in [1.165, 1.54) is 0 Å². The van der Waals surface area contributed by atoms with Gasteiger partial charge in [-0.1, -0.05) is 0 Å². The van der Waals surface area contributed by atoms with Crippen LogP contribution >= 0.6 is 0 Å². The maximum Gasteiger partial charge on any atom is 0.651 e. The van der Waals surface area contributed by atoms with E-state index in [0.717, 1.165) is 0 Å². The summed E-state index contributed by atoms with van der Waals surface area (Å²) in [4.78, 5) is 0. The fraction of sp³-hybridized carbons (Fsp3) is 1.00. The second-order valence-corrected chi connectivity index (χ2v) is 47.8. The molecule has 0 amide bonds. The summed E-state index contributed by atoms with van der Waals surface area (Å²) in [5, 5.41) is 0. The van der Waals surface area contributed by atoms with Gasteiger partial charge in [0.25, 0.3) is 0 Å². The van der Waals surface area contributed by atoms with Gasteiger partial charge >= 0.3 is 72.9 Å². The Labute approximate surface area is 304 Å². The molecule has 0 spiro atoms. The largest absolute Gasteiger partial charge is 0.651 e. The summed E-state index contributed by atoms with van der Waals surface area (Å²) >= 11 is 0. The van der Waals surface area contributed by atoms with Crippen LogP contribution in [0.3, 0.4) is 0 Å². The molecule has 6 aliphatic rings. The first-order chi connectivity index (χ1) is 22.1. The fourth-order valence-electron chi connectivity index (χ4n) is 4.37. The summed E-state index contributed by atoms with van der Waals surface area (Å²) in [5.41, 5.74) is 0. The Morgan fingerprint density at radius 3 is 0.583 bits per heavy atom. The molecule has 0 aromatic heterocycles. The van der Waals surface area contributed by atoms with Crippen molar-refractivity contribution in [3.63, 3.8) is 0 Å². The van der Waals surface area contributed by atoms with E-state index in [4.69, 9.17) is 78.2 Å². The van der Waals surface area contributed by atoms with Crippen molar-refractivity contribution in [1.82, 2.24) is 0 Å². The number of rotatable bonds is 14. The van der Waals surface area contributed by atoms with Crippen LogP contribution in [0.1, 0.15) is 0 Å². The van der Waals surface area contributed by atoms with Gasteiger partial charge in [0.1, 0.15) is 0 Å². The van der Waals surface area contributed by atoms with Gasteiger partial charge in [0.15, 0.2) is 63.3 Å². The van der Waals surface area contributed by atoms with Gasteiger partial charge < -0.3 is 78.2 Å². The van der Waals surface area contributed by atoms with Crippen molar-refractivity contribution in [2.45, 2.75) is 91.7 Å². The number of hydrogen-bond acceptors (Lipinski definition) is 19. The summed E-state index contributed by atoms with van der Waals surface area (Å²) in [6.07, 6.45) is 0. The van der Waals surface area contributed by atoms with E-state index in [1.54, 1.807) is 0 Å². The minimum Gasteiger partial charge on any atom is -0.395 e. The topological polar surface area (TPSA) is 175 Å². The van der Waals surface area contributed by atoms with Gasteiger partial charge in [0.2, 0.25) is 0 Å². The predicted molar refractivity (Wildman–Crippen MR) is 189 cm³/mol. The van der Waals surface area contributed by atoms with Gasteiger partial charge in [-0.25, -0.2) is 0 Å². The van der Waals surface area contributed by atoms with Crippen LogP contribution in [0.4, 0.5) is 0 Å². The van der Waals surface area contributed by atoms with E-state index in [9.17, 15) is 0 Å². The highest BCUT2D eigenvalue weighted by Crippen LogP contribution is 2.48. The minimum absolute atomic E-state index is 1.66. The lowest BCUT2D eigenvalue weighted by Crippen LogP contribution is -2.90. The van der Waals surface area contributed by atoms with Crippen molar-refractivity contribution in [3.05, 3.63) is 0 Å². The minimum atomic E-state index is -4.73. The molecule has 0 unspecified atom stereocenters. The lowest BCUT2D eigenvalue weighted by atomic mass is 11.9. The Kier molecular flexibility index (Phi) is 13.2. The van der Waals surface area contributed by atoms with Gasteiger partial charge in [0, 0.05) is 0 Å². The SMILES string of the molecule is C[Si](C)O[Si]12O[Si]3O[Si]4(O[Si](C)C)O[Si](O[Si](C)C)(O1)O[Si]1(O[Si](C)C)O[Si](O[Si](C)C)(O2)O[Si](O[Si](C)C)(O3)O[Si](O[Si](C)C)(O4)O1. The molecule has 34 heteroatoms. The van der Waals surface area contributed by atoms with Gasteiger partial charge in [-0.3, -0.25) is 0 Å². The van der Waals surface area contributed by atoms with Gasteiger partial charge in [-0.15, -0.1) is 0 Å². The summed E-state index contributed by atoms with van der Waals surface area (Å²) in [5.74, 6) is 0. The summed E-state index contributed by atoms with van der Waals surface area (Å²) in [6, 6.07) is 0. The highest BCUT2D eigenvalue weighted by Gasteiger charge is 2.88. The normalized spacial score (nSPS) is 41.7. The molecule has 0 aliphatic carbocycles. The first kappa shape index (κ1) is 41.7. The van der Waals surface area contributed by atoms with Crippen LogP contribution in [-0.4, -0.2) is 136 Å². The molecule has 6 fully saturated rings. The van der Waals surface area contributed by atoms with Crippen LogP contribution in [0.2, 0.25) is 91.7 Å². The molecule has 0 saturated carbocycles. The third-order valence-electron chi connectivity index (χ3n) is 5.18. The Morgan fingerprint density at radius 2 is 0.417 bits per heavy atom. The fourth-order valence-corrected chi connectivity index (χ4v) is 56.2. The Bertz CT molecular complexity index is 993. The highest BCUT2D eigenvalue weighted by molar-refractivity contribution is 7.00. The molecule has 0 aromatic rings. The van der Waals surface area contributed by atoms with Crippen molar-refractivity contribution in [1.29, 1.82) is 0 Å². The van der Waals surface area contributed by atoms with Gasteiger partial charge in [-0.2, -0.15) is 0 Å². The molecular formula is C14H42O19Si15. The third-order valence-corrected chi connectivity index (χ3v) is 46.6. The Balaban J connectivity index is 1.89. The molecule has 6 heterocycles. The van der Waals surface area contributed by atoms with Crippen molar-refractivity contribution >= 4 is 136 Å².